The molecule has 0 bridgehead atoms. The fourth-order valence-electron chi connectivity index (χ4n) is 3.35. The quantitative estimate of drug-likeness (QED) is 0.365. The molecule has 1 aromatic carbocycles. The summed E-state index contributed by atoms with van der Waals surface area (Å²) in [6, 6.07) is 6.33. The van der Waals surface area contributed by atoms with Crippen molar-refractivity contribution < 1.29 is 9.47 Å². The van der Waals surface area contributed by atoms with Crippen LogP contribution < -0.4 is 15.4 Å². The van der Waals surface area contributed by atoms with Crippen molar-refractivity contribution in [2.45, 2.75) is 39.7 Å². The van der Waals surface area contributed by atoms with Crippen LogP contribution in [0, 0.1) is 12.8 Å². The molecule has 6 heteroatoms. The van der Waals surface area contributed by atoms with Crippen LogP contribution in [0.15, 0.2) is 23.2 Å². The van der Waals surface area contributed by atoms with Crippen LogP contribution in [0.2, 0.25) is 0 Å². The SMILES string of the molecule is CN=C(NCCN1CCC(C)CC1)NCc1ccc(C)cc1OCCCOC. The molecule has 2 rings (SSSR count). The predicted molar refractivity (Wildman–Crippen MR) is 116 cm³/mol. The van der Waals surface area contributed by atoms with E-state index in [1.165, 1.54) is 31.5 Å². The van der Waals surface area contributed by atoms with Crippen molar-refractivity contribution in [1.29, 1.82) is 0 Å². The Morgan fingerprint density at radius 1 is 1.21 bits per heavy atom. The molecule has 1 fully saturated rings. The Bertz CT molecular complexity index is 598. The van der Waals surface area contributed by atoms with Gasteiger partial charge < -0.3 is 25.0 Å². The molecule has 0 aliphatic carbocycles. The number of likely N-dealkylation sites (tertiary alicyclic amines) is 1. The fourth-order valence-corrected chi connectivity index (χ4v) is 3.35. The predicted octanol–water partition coefficient (Wildman–Crippen LogP) is 2.81. The van der Waals surface area contributed by atoms with Gasteiger partial charge in [-0.3, -0.25) is 4.99 Å². The van der Waals surface area contributed by atoms with Crippen LogP contribution in [0.25, 0.3) is 0 Å². The standard InChI is InChI=1S/C22H38N4O2/c1-18-8-11-26(12-9-18)13-10-24-22(23-3)25-17-20-7-6-19(2)16-21(20)28-15-5-14-27-4/h6-7,16,18H,5,8-15,17H2,1-4H3,(H2,23,24,25). The number of rotatable bonds is 10. The van der Waals surface area contributed by atoms with Gasteiger partial charge in [0.05, 0.1) is 6.61 Å². The number of methoxy groups -OCH3 is 1. The van der Waals surface area contributed by atoms with Gasteiger partial charge >= 0.3 is 0 Å². The van der Waals surface area contributed by atoms with Crippen LogP contribution in [-0.4, -0.2) is 64.4 Å². The lowest BCUT2D eigenvalue weighted by molar-refractivity contribution is 0.171. The third kappa shape index (κ3) is 8.07. The monoisotopic (exact) mass is 390 g/mol. The first kappa shape index (κ1) is 22.5. The Hall–Kier alpha value is -1.79. The van der Waals surface area contributed by atoms with Crippen molar-refractivity contribution in [3.8, 4) is 5.75 Å². The first-order valence-corrected chi connectivity index (χ1v) is 10.5. The third-order valence-corrected chi connectivity index (χ3v) is 5.24. The lowest BCUT2D eigenvalue weighted by atomic mass is 9.99. The van der Waals surface area contributed by atoms with Gasteiger partial charge in [0.1, 0.15) is 5.75 Å². The maximum atomic E-state index is 5.97. The average Bonchev–Trinajstić information content (AvgIpc) is 2.70. The van der Waals surface area contributed by atoms with E-state index in [1.54, 1.807) is 7.11 Å². The average molecular weight is 391 g/mol. The highest BCUT2D eigenvalue weighted by Gasteiger charge is 2.15. The first-order chi connectivity index (χ1) is 13.6. The van der Waals surface area contributed by atoms with E-state index < -0.39 is 0 Å². The Morgan fingerprint density at radius 2 is 2.00 bits per heavy atom. The van der Waals surface area contributed by atoms with E-state index in [2.05, 4.69) is 52.6 Å². The highest BCUT2D eigenvalue weighted by molar-refractivity contribution is 5.79. The van der Waals surface area contributed by atoms with Crippen LogP contribution in [-0.2, 0) is 11.3 Å². The molecule has 0 spiro atoms. The number of nitrogens with one attached hydrogen (secondary N) is 2. The highest BCUT2D eigenvalue weighted by Crippen LogP contribution is 2.20. The van der Waals surface area contributed by atoms with E-state index in [0.29, 0.717) is 19.8 Å². The van der Waals surface area contributed by atoms with Gasteiger partial charge in [-0.2, -0.15) is 0 Å². The summed E-state index contributed by atoms with van der Waals surface area (Å²) in [6.07, 6.45) is 3.51. The maximum Gasteiger partial charge on any atom is 0.191 e. The molecule has 1 saturated heterocycles. The number of hydrogen-bond donors (Lipinski definition) is 2. The lowest BCUT2D eigenvalue weighted by Crippen LogP contribution is -2.43. The number of guanidine groups is 1. The molecule has 0 radical (unpaired) electrons. The molecule has 0 aromatic heterocycles. The molecular weight excluding hydrogens is 352 g/mol. The molecule has 1 heterocycles. The van der Waals surface area contributed by atoms with E-state index in [1.807, 2.05) is 7.05 Å². The molecule has 6 nitrogen and oxygen atoms in total. The van der Waals surface area contributed by atoms with Gasteiger partial charge in [0.2, 0.25) is 0 Å². The molecule has 1 aliphatic rings. The highest BCUT2D eigenvalue weighted by atomic mass is 16.5. The van der Waals surface area contributed by atoms with Crippen LogP contribution in [0.1, 0.15) is 37.3 Å². The minimum atomic E-state index is 0.658. The second-order valence-electron chi connectivity index (χ2n) is 7.68. The molecule has 0 saturated carbocycles. The molecule has 0 unspecified atom stereocenters. The number of benzene rings is 1. The zero-order valence-electron chi connectivity index (χ0n) is 18.1. The van der Waals surface area contributed by atoms with Gasteiger partial charge in [-0.1, -0.05) is 19.1 Å². The summed E-state index contributed by atoms with van der Waals surface area (Å²) in [6.45, 7) is 10.9. The van der Waals surface area contributed by atoms with Gasteiger partial charge in [0.15, 0.2) is 5.96 Å². The van der Waals surface area contributed by atoms with E-state index in [0.717, 1.165) is 42.7 Å². The number of piperidine rings is 1. The van der Waals surface area contributed by atoms with Crippen molar-refractivity contribution >= 4 is 5.96 Å². The molecule has 0 amide bonds. The minimum Gasteiger partial charge on any atom is -0.493 e. The Labute approximate surface area is 170 Å². The number of nitrogens with zero attached hydrogens (tertiary/aromatic N) is 2. The molecule has 1 aromatic rings. The summed E-state index contributed by atoms with van der Waals surface area (Å²) < 4.78 is 11.1. The molecule has 158 valence electrons. The zero-order valence-corrected chi connectivity index (χ0v) is 18.1. The lowest BCUT2D eigenvalue weighted by Gasteiger charge is -2.30. The summed E-state index contributed by atoms with van der Waals surface area (Å²) in [5, 5.41) is 6.84. The number of aliphatic imine (C=N–C) groups is 1. The molecule has 0 atom stereocenters. The summed E-state index contributed by atoms with van der Waals surface area (Å²) in [5.41, 5.74) is 2.33. The maximum absolute atomic E-state index is 5.97. The van der Waals surface area contributed by atoms with E-state index in [4.69, 9.17) is 9.47 Å². The van der Waals surface area contributed by atoms with Crippen LogP contribution in [0.3, 0.4) is 0 Å². The fraction of sp³-hybridized carbons (Fsp3) is 0.682. The van der Waals surface area contributed by atoms with Gasteiger partial charge in [-0.15, -0.1) is 0 Å². The largest absolute Gasteiger partial charge is 0.493 e. The van der Waals surface area contributed by atoms with Crippen molar-refractivity contribution in [2.75, 3.05) is 53.6 Å². The van der Waals surface area contributed by atoms with Gasteiger partial charge in [-0.25, -0.2) is 0 Å². The molecule has 28 heavy (non-hydrogen) atoms. The van der Waals surface area contributed by atoms with Crippen LogP contribution >= 0.6 is 0 Å². The van der Waals surface area contributed by atoms with Gasteiger partial charge in [0.25, 0.3) is 0 Å². The molecular formula is C22H38N4O2. The van der Waals surface area contributed by atoms with E-state index >= 15 is 0 Å². The Balaban J connectivity index is 1.77. The van der Waals surface area contributed by atoms with Crippen molar-refractivity contribution in [3.63, 3.8) is 0 Å². The van der Waals surface area contributed by atoms with Gasteiger partial charge in [0, 0.05) is 52.4 Å². The van der Waals surface area contributed by atoms with Crippen LogP contribution in [0.4, 0.5) is 0 Å². The normalized spacial score (nSPS) is 16.2. The number of hydrogen-bond acceptors (Lipinski definition) is 4. The number of ether oxygens (including phenoxy) is 2. The summed E-state index contributed by atoms with van der Waals surface area (Å²) in [4.78, 5) is 6.88. The smallest absolute Gasteiger partial charge is 0.191 e. The Morgan fingerprint density at radius 3 is 2.71 bits per heavy atom. The summed E-state index contributed by atoms with van der Waals surface area (Å²) in [7, 11) is 3.53. The van der Waals surface area contributed by atoms with Gasteiger partial charge in [-0.05, 0) is 50.4 Å². The first-order valence-electron chi connectivity index (χ1n) is 10.5. The second kappa shape index (κ2) is 12.6. The van der Waals surface area contributed by atoms with E-state index in [-0.39, 0.29) is 0 Å². The second-order valence-corrected chi connectivity index (χ2v) is 7.68. The topological polar surface area (TPSA) is 58.1 Å². The van der Waals surface area contributed by atoms with Crippen LogP contribution in [0.5, 0.6) is 5.75 Å². The van der Waals surface area contributed by atoms with E-state index in [9.17, 15) is 0 Å². The summed E-state index contributed by atoms with van der Waals surface area (Å²) >= 11 is 0. The minimum absolute atomic E-state index is 0.658. The Kier molecular flexibility index (Phi) is 10.1. The molecule has 2 N–H and O–H groups in total. The molecule has 1 aliphatic heterocycles. The third-order valence-electron chi connectivity index (χ3n) is 5.24. The van der Waals surface area contributed by atoms with Crippen molar-refractivity contribution in [1.82, 2.24) is 15.5 Å². The summed E-state index contributed by atoms with van der Waals surface area (Å²) in [5.74, 6) is 2.64. The van der Waals surface area contributed by atoms with Crippen molar-refractivity contribution in [3.05, 3.63) is 29.3 Å². The van der Waals surface area contributed by atoms with Crippen molar-refractivity contribution in [2.24, 2.45) is 10.9 Å². The number of aryl methyl sites for hydroxylation is 1. The zero-order chi connectivity index (χ0) is 20.2.